The van der Waals surface area contributed by atoms with Gasteiger partial charge in [-0.15, -0.1) is 0 Å². The Morgan fingerprint density at radius 1 is 1.19 bits per heavy atom. The summed E-state index contributed by atoms with van der Waals surface area (Å²) < 4.78 is 5.62. The molecule has 0 spiro atoms. The van der Waals surface area contributed by atoms with Crippen LogP contribution in [0.3, 0.4) is 0 Å². The maximum Gasteiger partial charge on any atom is 0.122 e. The molecule has 1 aliphatic carbocycles. The van der Waals surface area contributed by atoms with E-state index in [1.54, 1.807) is 7.11 Å². The number of hydrogen-bond donors (Lipinski definition) is 1. The monoisotopic (exact) mass is 289 g/mol. The second kappa shape index (κ2) is 8.43. The summed E-state index contributed by atoms with van der Waals surface area (Å²) in [6, 6.07) is 8.62. The van der Waals surface area contributed by atoms with Gasteiger partial charge in [0.25, 0.3) is 0 Å². The van der Waals surface area contributed by atoms with Crippen molar-refractivity contribution in [3.8, 4) is 5.75 Å². The molecular weight excluding hydrogens is 258 g/mol. The summed E-state index contributed by atoms with van der Waals surface area (Å²) in [7, 11) is 1.79. The largest absolute Gasteiger partial charge is 0.496 e. The van der Waals surface area contributed by atoms with Gasteiger partial charge in [-0.2, -0.15) is 0 Å². The minimum atomic E-state index is 0.643. The average molecular weight is 289 g/mol. The summed E-state index contributed by atoms with van der Waals surface area (Å²) in [6.07, 6.45) is 6.57. The van der Waals surface area contributed by atoms with E-state index in [1.165, 1.54) is 37.7 Å². The Hall–Kier alpha value is -1.02. The van der Waals surface area contributed by atoms with Crippen LogP contribution in [0.25, 0.3) is 0 Å². The Kier molecular flexibility index (Phi) is 6.56. The molecule has 0 radical (unpaired) electrons. The van der Waals surface area contributed by atoms with E-state index in [0.717, 1.165) is 30.7 Å². The first-order chi connectivity index (χ1) is 10.3. The Morgan fingerprint density at radius 2 is 2.00 bits per heavy atom. The van der Waals surface area contributed by atoms with Crippen molar-refractivity contribution in [2.24, 2.45) is 11.8 Å². The van der Waals surface area contributed by atoms with Crippen molar-refractivity contribution in [2.45, 2.75) is 51.9 Å². The van der Waals surface area contributed by atoms with Gasteiger partial charge in [0.2, 0.25) is 0 Å². The number of methoxy groups -OCH3 is 1. The van der Waals surface area contributed by atoms with Crippen molar-refractivity contribution in [3.63, 3.8) is 0 Å². The van der Waals surface area contributed by atoms with E-state index in [4.69, 9.17) is 4.74 Å². The maximum absolute atomic E-state index is 5.62. The number of para-hydroxylation sites is 1. The summed E-state index contributed by atoms with van der Waals surface area (Å²) in [5.41, 5.74) is 1.42. The molecule has 3 atom stereocenters. The molecule has 2 heteroatoms. The van der Waals surface area contributed by atoms with E-state index in [0.29, 0.717) is 5.92 Å². The molecule has 1 aliphatic rings. The van der Waals surface area contributed by atoms with Gasteiger partial charge >= 0.3 is 0 Å². The van der Waals surface area contributed by atoms with Gasteiger partial charge in [-0.25, -0.2) is 0 Å². The molecule has 0 bridgehead atoms. The molecule has 2 rings (SSSR count). The highest BCUT2D eigenvalue weighted by atomic mass is 16.5. The van der Waals surface area contributed by atoms with E-state index < -0.39 is 0 Å². The molecule has 1 N–H and O–H groups in total. The van der Waals surface area contributed by atoms with Crippen LogP contribution in [0.5, 0.6) is 5.75 Å². The summed E-state index contributed by atoms with van der Waals surface area (Å²) in [5, 5.41) is 3.63. The second-order valence-corrected chi connectivity index (χ2v) is 6.40. The molecular formula is C19H31NO. The van der Waals surface area contributed by atoms with Crippen LogP contribution in [0.1, 0.15) is 57.4 Å². The first kappa shape index (κ1) is 16.4. The lowest BCUT2D eigenvalue weighted by molar-refractivity contribution is 0.222. The zero-order chi connectivity index (χ0) is 15.1. The lowest BCUT2D eigenvalue weighted by Gasteiger charge is -2.37. The van der Waals surface area contributed by atoms with Crippen molar-refractivity contribution in [3.05, 3.63) is 29.8 Å². The van der Waals surface area contributed by atoms with Crippen LogP contribution < -0.4 is 10.1 Å². The highest BCUT2D eigenvalue weighted by molar-refractivity contribution is 5.37. The number of hydrogen-bond acceptors (Lipinski definition) is 2. The third-order valence-electron chi connectivity index (χ3n) is 5.05. The normalized spacial score (nSPS) is 25.8. The minimum Gasteiger partial charge on any atom is -0.496 e. The number of benzene rings is 1. The van der Waals surface area contributed by atoms with Crippen molar-refractivity contribution < 1.29 is 4.74 Å². The Bertz CT molecular complexity index is 416. The Labute approximate surface area is 130 Å². The topological polar surface area (TPSA) is 21.3 Å². The number of nitrogens with one attached hydrogen (secondary N) is 1. The summed E-state index contributed by atoms with van der Waals surface area (Å²) in [4.78, 5) is 0. The van der Waals surface area contributed by atoms with Crippen molar-refractivity contribution in [1.82, 2.24) is 5.32 Å². The quantitative estimate of drug-likeness (QED) is 0.740. The fraction of sp³-hybridized carbons (Fsp3) is 0.684. The van der Waals surface area contributed by atoms with E-state index in [9.17, 15) is 0 Å². The lowest BCUT2D eigenvalue weighted by atomic mass is 9.70. The van der Waals surface area contributed by atoms with Gasteiger partial charge < -0.3 is 10.1 Å². The van der Waals surface area contributed by atoms with E-state index >= 15 is 0 Å². The van der Waals surface area contributed by atoms with Crippen LogP contribution in [-0.4, -0.2) is 20.2 Å². The van der Waals surface area contributed by atoms with Gasteiger partial charge in [-0.3, -0.25) is 0 Å². The molecule has 3 unspecified atom stereocenters. The number of rotatable bonds is 7. The first-order valence-corrected chi connectivity index (χ1v) is 8.63. The average Bonchev–Trinajstić information content (AvgIpc) is 2.55. The summed E-state index contributed by atoms with van der Waals surface area (Å²) in [5.74, 6) is 3.34. The van der Waals surface area contributed by atoms with Gasteiger partial charge in [0.1, 0.15) is 5.75 Å². The van der Waals surface area contributed by atoms with Gasteiger partial charge in [0.15, 0.2) is 0 Å². The fourth-order valence-electron chi connectivity index (χ4n) is 3.75. The first-order valence-electron chi connectivity index (χ1n) is 8.63. The summed E-state index contributed by atoms with van der Waals surface area (Å²) >= 11 is 0. The van der Waals surface area contributed by atoms with Crippen LogP contribution in [0.2, 0.25) is 0 Å². The van der Waals surface area contributed by atoms with Crippen molar-refractivity contribution in [2.75, 3.05) is 20.2 Å². The Morgan fingerprint density at radius 3 is 2.71 bits per heavy atom. The SMILES string of the molecule is CCCNCC1CCC(CC)CC1c1ccccc1OC. The van der Waals surface area contributed by atoms with Crippen molar-refractivity contribution >= 4 is 0 Å². The van der Waals surface area contributed by atoms with Gasteiger partial charge in [0.05, 0.1) is 7.11 Å². The van der Waals surface area contributed by atoms with E-state index in [-0.39, 0.29) is 0 Å². The lowest BCUT2D eigenvalue weighted by Crippen LogP contribution is -2.32. The second-order valence-electron chi connectivity index (χ2n) is 6.40. The molecule has 1 aromatic rings. The van der Waals surface area contributed by atoms with Crippen LogP contribution in [-0.2, 0) is 0 Å². The number of ether oxygens (including phenoxy) is 1. The Balaban J connectivity index is 2.15. The van der Waals surface area contributed by atoms with Gasteiger partial charge in [-0.1, -0.05) is 44.9 Å². The van der Waals surface area contributed by atoms with E-state index in [2.05, 4.69) is 43.4 Å². The highest BCUT2D eigenvalue weighted by Crippen LogP contribution is 2.44. The summed E-state index contributed by atoms with van der Waals surface area (Å²) in [6.45, 7) is 6.84. The fourth-order valence-corrected chi connectivity index (χ4v) is 3.75. The van der Waals surface area contributed by atoms with Crippen LogP contribution in [0, 0.1) is 11.8 Å². The van der Waals surface area contributed by atoms with E-state index in [1.807, 2.05) is 0 Å². The molecule has 2 nitrogen and oxygen atoms in total. The van der Waals surface area contributed by atoms with Crippen molar-refractivity contribution in [1.29, 1.82) is 0 Å². The zero-order valence-electron chi connectivity index (χ0n) is 13.9. The van der Waals surface area contributed by atoms with Gasteiger partial charge in [0, 0.05) is 0 Å². The zero-order valence-corrected chi connectivity index (χ0v) is 13.9. The third kappa shape index (κ3) is 4.23. The smallest absolute Gasteiger partial charge is 0.122 e. The molecule has 0 saturated heterocycles. The van der Waals surface area contributed by atoms with Gasteiger partial charge in [-0.05, 0) is 61.7 Å². The molecule has 1 aromatic carbocycles. The highest BCUT2D eigenvalue weighted by Gasteiger charge is 2.32. The molecule has 0 amide bonds. The molecule has 0 aromatic heterocycles. The minimum absolute atomic E-state index is 0.643. The molecule has 0 heterocycles. The molecule has 21 heavy (non-hydrogen) atoms. The maximum atomic E-state index is 5.62. The standard InChI is InChI=1S/C19H31NO/c1-4-12-20-14-16-11-10-15(5-2)13-18(16)17-8-6-7-9-19(17)21-3/h6-9,15-16,18,20H,4-5,10-14H2,1-3H3. The third-order valence-corrected chi connectivity index (χ3v) is 5.05. The molecule has 118 valence electrons. The molecule has 0 aliphatic heterocycles. The molecule has 1 saturated carbocycles. The predicted octanol–water partition coefficient (Wildman–Crippen LogP) is 4.60. The predicted molar refractivity (Wildman–Crippen MR) is 90.0 cm³/mol. The van der Waals surface area contributed by atoms with Crippen LogP contribution >= 0.6 is 0 Å². The molecule has 1 fully saturated rings. The van der Waals surface area contributed by atoms with Crippen LogP contribution in [0.4, 0.5) is 0 Å². The van der Waals surface area contributed by atoms with Crippen LogP contribution in [0.15, 0.2) is 24.3 Å².